The van der Waals surface area contributed by atoms with E-state index in [1.165, 1.54) is 0 Å². The van der Waals surface area contributed by atoms with Crippen molar-refractivity contribution in [3.8, 4) is 23.3 Å². The van der Waals surface area contributed by atoms with Crippen LogP contribution in [0.4, 0.5) is 0 Å². The number of nitrogens with zero attached hydrogens (tertiary/aromatic N) is 1. The lowest BCUT2D eigenvalue weighted by molar-refractivity contribution is -0.119. The zero-order chi connectivity index (χ0) is 24.2. The van der Waals surface area contributed by atoms with Crippen LogP contribution in [0.3, 0.4) is 0 Å². The second-order valence-electron chi connectivity index (χ2n) is 9.26. The maximum absolute atomic E-state index is 12.6. The first-order valence-electron chi connectivity index (χ1n) is 11.1. The van der Waals surface area contributed by atoms with Gasteiger partial charge in [0.1, 0.15) is 11.6 Å². The molecule has 1 aliphatic heterocycles. The molecular weight excluding hydrogens is 424 g/mol. The van der Waals surface area contributed by atoms with Gasteiger partial charge in [-0.15, -0.1) is 0 Å². The minimum absolute atomic E-state index is 0.00703. The molecule has 4 unspecified atom stereocenters. The maximum atomic E-state index is 12.6. The summed E-state index contributed by atoms with van der Waals surface area (Å²) in [5.41, 5.74) is 7.12. The van der Waals surface area contributed by atoms with E-state index in [-0.39, 0.29) is 36.1 Å². The number of carbonyl (C=O) groups excluding carboxylic acids is 1. The number of benzene rings is 1. The Morgan fingerprint density at radius 2 is 1.88 bits per heavy atom. The van der Waals surface area contributed by atoms with Crippen molar-refractivity contribution in [2.24, 2.45) is 11.8 Å². The van der Waals surface area contributed by atoms with Crippen molar-refractivity contribution in [3.05, 3.63) is 29.3 Å². The van der Waals surface area contributed by atoms with Crippen molar-refractivity contribution in [2.75, 3.05) is 27.9 Å². The standard InChI is InChI=1S/C24H34N4O5/c1-24(2,13-29)26-23(30)16(12-25)8-14-6-7-18-17(9-14)21(28-27-18)15-10-19(31-3)22(33-5)20(11-15)32-4/h8,10-11,14,17-18,21,27-29H,6-7,9,13H2,1-5H3,(H,26,30)/b16-8+. The molecule has 9 heteroatoms. The van der Waals surface area contributed by atoms with Crippen LogP contribution in [0.1, 0.15) is 44.7 Å². The Morgan fingerprint density at radius 3 is 2.42 bits per heavy atom. The summed E-state index contributed by atoms with van der Waals surface area (Å²) in [6, 6.07) is 6.23. The summed E-state index contributed by atoms with van der Waals surface area (Å²) < 4.78 is 16.5. The number of rotatable bonds is 8. The van der Waals surface area contributed by atoms with Crippen molar-refractivity contribution in [3.63, 3.8) is 0 Å². The van der Waals surface area contributed by atoms with Crippen LogP contribution in [0.2, 0.25) is 0 Å². The molecule has 4 atom stereocenters. The predicted molar refractivity (Wildman–Crippen MR) is 123 cm³/mol. The van der Waals surface area contributed by atoms with Crippen LogP contribution < -0.4 is 30.4 Å². The Labute approximate surface area is 195 Å². The fraction of sp³-hybridized carbons (Fsp3) is 0.583. The van der Waals surface area contributed by atoms with Gasteiger partial charge in [0.25, 0.3) is 5.91 Å². The average Bonchev–Trinajstić information content (AvgIpc) is 3.24. The molecule has 1 aliphatic carbocycles. The number of methoxy groups -OCH3 is 3. The van der Waals surface area contributed by atoms with Gasteiger partial charge in [-0.2, -0.15) is 5.26 Å². The number of nitrogens with one attached hydrogen (secondary N) is 3. The summed E-state index contributed by atoms with van der Waals surface area (Å²) >= 11 is 0. The Hall–Kier alpha value is -2.80. The number of allylic oxidation sites excluding steroid dienone is 1. The number of fused-ring (bicyclic) bond motifs is 1. The van der Waals surface area contributed by atoms with E-state index < -0.39 is 11.4 Å². The Balaban J connectivity index is 1.82. The number of carbonyl (C=O) groups is 1. The van der Waals surface area contributed by atoms with Gasteiger partial charge in [0.15, 0.2) is 11.5 Å². The van der Waals surface area contributed by atoms with E-state index in [1.807, 2.05) is 18.2 Å². The minimum atomic E-state index is -0.790. The van der Waals surface area contributed by atoms with Crippen LogP contribution in [-0.2, 0) is 4.79 Å². The molecule has 1 heterocycles. The van der Waals surface area contributed by atoms with Gasteiger partial charge in [-0.25, -0.2) is 5.43 Å². The molecule has 1 saturated carbocycles. The maximum Gasteiger partial charge on any atom is 0.262 e. The monoisotopic (exact) mass is 458 g/mol. The van der Waals surface area contributed by atoms with Crippen molar-refractivity contribution in [1.29, 1.82) is 5.26 Å². The molecule has 0 aromatic heterocycles. The van der Waals surface area contributed by atoms with Crippen molar-refractivity contribution < 1.29 is 24.1 Å². The summed E-state index contributed by atoms with van der Waals surface area (Å²) in [6.07, 6.45) is 4.39. The van der Waals surface area contributed by atoms with E-state index in [0.29, 0.717) is 17.2 Å². The second kappa shape index (κ2) is 10.4. The molecule has 1 aromatic carbocycles. The predicted octanol–water partition coefficient (Wildman–Crippen LogP) is 1.98. The molecule has 33 heavy (non-hydrogen) atoms. The van der Waals surface area contributed by atoms with E-state index in [1.54, 1.807) is 41.3 Å². The molecule has 1 saturated heterocycles. The zero-order valence-corrected chi connectivity index (χ0v) is 19.9. The van der Waals surface area contributed by atoms with Crippen molar-refractivity contribution >= 4 is 5.91 Å². The van der Waals surface area contributed by atoms with Gasteiger partial charge in [-0.3, -0.25) is 10.2 Å². The number of hydrogen-bond acceptors (Lipinski definition) is 8. The lowest BCUT2D eigenvalue weighted by atomic mass is 9.74. The van der Waals surface area contributed by atoms with Crippen molar-refractivity contribution in [1.82, 2.24) is 16.2 Å². The molecule has 3 rings (SSSR count). The van der Waals surface area contributed by atoms with Crippen LogP contribution in [0.5, 0.6) is 17.2 Å². The number of hydrazine groups is 1. The first-order chi connectivity index (χ1) is 15.8. The number of nitriles is 1. The highest BCUT2D eigenvalue weighted by atomic mass is 16.5. The Morgan fingerprint density at radius 1 is 1.21 bits per heavy atom. The highest BCUT2D eigenvalue weighted by Crippen LogP contribution is 2.45. The van der Waals surface area contributed by atoms with Crippen molar-refractivity contribution in [2.45, 2.75) is 50.7 Å². The van der Waals surface area contributed by atoms with E-state index in [2.05, 4.69) is 16.2 Å². The fourth-order valence-electron chi connectivity index (χ4n) is 4.67. The van der Waals surface area contributed by atoms with Gasteiger partial charge in [-0.05, 0) is 62.6 Å². The first kappa shape index (κ1) is 24.8. The molecule has 2 fully saturated rings. The SMILES string of the molecule is COc1cc(C2NNC3CCC(/C=C(\C#N)C(=O)NC(C)(C)CO)CC32)cc(OC)c1OC. The number of hydrogen-bond donors (Lipinski definition) is 4. The van der Waals surface area contributed by atoms with Crippen LogP contribution in [-0.4, -0.2) is 50.5 Å². The highest BCUT2D eigenvalue weighted by molar-refractivity contribution is 5.97. The van der Waals surface area contributed by atoms with E-state index >= 15 is 0 Å². The van der Waals surface area contributed by atoms with Gasteiger partial charge in [0.2, 0.25) is 5.75 Å². The molecule has 2 aliphatic rings. The molecule has 0 radical (unpaired) electrons. The van der Waals surface area contributed by atoms with Crippen LogP contribution in [0.25, 0.3) is 0 Å². The van der Waals surface area contributed by atoms with Gasteiger partial charge < -0.3 is 24.6 Å². The van der Waals surface area contributed by atoms with E-state index in [0.717, 1.165) is 24.8 Å². The molecule has 0 spiro atoms. The normalized spacial score (nSPS) is 25.1. The number of ether oxygens (including phenoxy) is 3. The fourth-order valence-corrected chi connectivity index (χ4v) is 4.67. The summed E-state index contributed by atoms with van der Waals surface area (Å²) in [6.45, 7) is 3.21. The Bertz CT molecular complexity index is 914. The molecule has 1 aromatic rings. The van der Waals surface area contributed by atoms with Gasteiger partial charge in [0, 0.05) is 6.04 Å². The first-order valence-corrected chi connectivity index (χ1v) is 11.1. The van der Waals surface area contributed by atoms with Gasteiger partial charge in [0.05, 0.1) is 39.5 Å². The van der Waals surface area contributed by atoms with Gasteiger partial charge >= 0.3 is 0 Å². The van der Waals surface area contributed by atoms with Crippen LogP contribution >= 0.6 is 0 Å². The summed E-state index contributed by atoms with van der Waals surface area (Å²) in [4.78, 5) is 12.6. The van der Waals surface area contributed by atoms with E-state index in [4.69, 9.17) is 14.2 Å². The molecule has 4 N–H and O–H groups in total. The molecular formula is C24H34N4O5. The number of amides is 1. The zero-order valence-electron chi connectivity index (χ0n) is 19.9. The Kier molecular flexibility index (Phi) is 7.84. The quantitative estimate of drug-likeness (QED) is 0.344. The lowest BCUT2D eigenvalue weighted by Gasteiger charge is -2.32. The third-order valence-corrected chi connectivity index (χ3v) is 6.45. The lowest BCUT2D eigenvalue weighted by Crippen LogP contribution is -2.46. The van der Waals surface area contributed by atoms with Crippen LogP contribution in [0.15, 0.2) is 23.8 Å². The summed E-state index contributed by atoms with van der Waals surface area (Å²) in [7, 11) is 4.77. The highest BCUT2D eigenvalue weighted by Gasteiger charge is 2.41. The summed E-state index contributed by atoms with van der Waals surface area (Å²) in [5.74, 6) is 1.63. The second-order valence-corrected chi connectivity index (χ2v) is 9.26. The number of aliphatic hydroxyl groups is 1. The number of aliphatic hydroxyl groups excluding tert-OH is 1. The molecule has 1 amide bonds. The molecule has 180 valence electrons. The van der Waals surface area contributed by atoms with Gasteiger partial charge in [-0.1, -0.05) is 6.08 Å². The molecule has 9 nitrogen and oxygen atoms in total. The summed E-state index contributed by atoms with van der Waals surface area (Å²) in [5, 5.41) is 21.7. The third-order valence-electron chi connectivity index (χ3n) is 6.45. The smallest absolute Gasteiger partial charge is 0.262 e. The minimum Gasteiger partial charge on any atom is -0.493 e. The van der Waals surface area contributed by atoms with E-state index in [9.17, 15) is 15.2 Å². The third kappa shape index (κ3) is 5.41. The molecule has 0 bridgehead atoms. The average molecular weight is 459 g/mol. The topological polar surface area (TPSA) is 125 Å². The van der Waals surface area contributed by atoms with Crippen LogP contribution in [0, 0.1) is 23.2 Å². The largest absolute Gasteiger partial charge is 0.493 e.